The van der Waals surface area contributed by atoms with E-state index < -0.39 is 5.97 Å². The number of oxime groups is 1. The molecule has 0 fully saturated rings. The molecule has 2 rings (SSSR count). The lowest BCUT2D eigenvalue weighted by Crippen LogP contribution is -2.17. The number of amidine groups is 1. The lowest BCUT2D eigenvalue weighted by molar-refractivity contribution is 0.0508. The van der Waals surface area contributed by atoms with Crippen LogP contribution in [0.1, 0.15) is 21.6 Å². The molecule has 1 aromatic carbocycles. The quantitative estimate of drug-likeness (QED) is 0.258. The first-order chi connectivity index (χ1) is 9.50. The fraction of sp³-hybridized carbons (Fsp3) is 0.0833. The maximum Gasteiger partial charge on any atom is 0.384 e. The van der Waals surface area contributed by atoms with Gasteiger partial charge in [0.1, 0.15) is 0 Å². The van der Waals surface area contributed by atoms with Crippen molar-refractivity contribution in [2.45, 2.75) is 6.92 Å². The number of carbonyl (C=O) groups is 1. The number of aromatic nitrogens is 2. The van der Waals surface area contributed by atoms with Crippen molar-refractivity contribution in [1.82, 2.24) is 10.2 Å². The monoisotopic (exact) mass is 337 g/mol. The summed E-state index contributed by atoms with van der Waals surface area (Å²) < 4.78 is 0.483. The third-order valence-corrected chi connectivity index (χ3v) is 3.28. The number of hydrogen-bond acceptors (Lipinski definition) is 5. The number of carbonyl (C=O) groups excluding carboxylic acids is 1. The van der Waals surface area contributed by atoms with Crippen molar-refractivity contribution in [3.63, 3.8) is 0 Å². The smallest absolute Gasteiger partial charge is 0.384 e. The van der Waals surface area contributed by atoms with E-state index in [-0.39, 0.29) is 11.5 Å². The van der Waals surface area contributed by atoms with Gasteiger partial charge in [0.25, 0.3) is 0 Å². The number of nitrogens with two attached hydrogens (primary N) is 2. The normalized spacial score (nSPS) is 11.4. The van der Waals surface area contributed by atoms with E-state index in [1.807, 2.05) is 0 Å². The summed E-state index contributed by atoms with van der Waals surface area (Å²) in [4.78, 5) is 16.5. The Hall–Kier alpha value is -2.35. The van der Waals surface area contributed by atoms with Crippen LogP contribution < -0.4 is 11.5 Å². The molecule has 1 aromatic heterocycles. The van der Waals surface area contributed by atoms with Crippen LogP contribution in [0.3, 0.4) is 0 Å². The van der Waals surface area contributed by atoms with Gasteiger partial charge in [-0.15, -0.1) is 0 Å². The summed E-state index contributed by atoms with van der Waals surface area (Å²) in [6, 6.07) is 5.23. The minimum Gasteiger partial charge on any atom is -0.398 e. The van der Waals surface area contributed by atoms with Gasteiger partial charge < -0.3 is 16.3 Å². The van der Waals surface area contributed by atoms with E-state index >= 15 is 0 Å². The van der Waals surface area contributed by atoms with E-state index in [0.29, 0.717) is 15.7 Å². The second-order valence-electron chi connectivity index (χ2n) is 3.97. The van der Waals surface area contributed by atoms with E-state index in [9.17, 15) is 4.79 Å². The summed E-state index contributed by atoms with van der Waals surface area (Å²) in [5.41, 5.74) is 13.7. The average Bonchev–Trinajstić information content (AvgIpc) is 2.85. The molecule has 0 saturated heterocycles. The highest BCUT2D eigenvalue weighted by molar-refractivity contribution is 9.10. The third kappa shape index (κ3) is 2.80. The van der Waals surface area contributed by atoms with Gasteiger partial charge in [-0.25, -0.2) is 4.79 Å². The maximum absolute atomic E-state index is 11.7. The summed E-state index contributed by atoms with van der Waals surface area (Å²) in [6.45, 7) is 1.81. The van der Waals surface area contributed by atoms with Gasteiger partial charge in [0.2, 0.25) is 0 Å². The molecule has 1 heterocycles. The summed E-state index contributed by atoms with van der Waals surface area (Å²) in [5.74, 6) is -0.627. The predicted octanol–water partition coefficient (Wildman–Crippen LogP) is 1.54. The Morgan fingerprint density at radius 2 is 2.25 bits per heavy atom. The van der Waals surface area contributed by atoms with Crippen LogP contribution in [0.15, 0.2) is 34.0 Å². The van der Waals surface area contributed by atoms with Gasteiger partial charge in [-0.2, -0.15) is 5.10 Å². The molecule has 0 aliphatic carbocycles. The molecule has 5 N–H and O–H groups in total. The highest BCUT2D eigenvalue weighted by Crippen LogP contribution is 2.16. The van der Waals surface area contributed by atoms with Gasteiger partial charge in [-0.05, 0) is 34.5 Å². The van der Waals surface area contributed by atoms with Gasteiger partial charge in [-0.3, -0.25) is 5.10 Å². The lowest BCUT2D eigenvalue weighted by atomic mass is 10.1. The summed E-state index contributed by atoms with van der Waals surface area (Å²) in [6.07, 6.45) is 1.44. The Morgan fingerprint density at radius 3 is 2.90 bits per heavy atom. The van der Waals surface area contributed by atoms with Crippen LogP contribution in [-0.2, 0) is 4.84 Å². The Kier molecular flexibility index (Phi) is 4.04. The zero-order chi connectivity index (χ0) is 14.7. The van der Waals surface area contributed by atoms with Crippen molar-refractivity contribution in [2.24, 2.45) is 10.9 Å². The number of halogens is 1. The van der Waals surface area contributed by atoms with Crippen molar-refractivity contribution in [3.8, 4) is 0 Å². The first-order valence-electron chi connectivity index (χ1n) is 5.60. The Labute approximate surface area is 123 Å². The number of rotatable bonds is 3. The van der Waals surface area contributed by atoms with E-state index in [1.165, 1.54) is 6.20 Å². The van der Waals surface area contributed by atoms with Crippen molar-refractivity contribution in [2.75, 3.05) is 5.73 Å². The van der Waals surface area contributed by atoms with Gasteiger partial charge in [0.05, 0.1) is 10.7 Å². The topological polar surface area (TPSA) is 119 Å². The second-order valence-corrected chi connectivity index (χ2v) is 4.82. The lowest BCUT2D eigenvalue weighted by Gasteiger charge is -2.06. The van der Waals surface area contributed by atoms with Gasteiger partial charge in [0, 0.05) is 11.3 Å². The predicted molar refractivity (Wildman–Crippen MR) is 78.0 cm³/mol. The molecule has 0 bridgehead atoms. The molecule has 7 nitrogen and oxygen atoms in total. The molecule has 2 aromatic rings. The summed E-state index contributed by atoms with van der Waals surface area (Å²) in [7, 11) is 0. The van der Waals surface area contributed by atoms with Crippen LogP contribution in [0.4, 0.5) is 5.69 Å². The highest BCUT2D eigenvalue weighted by atomic mass is 79.9. The highest BCUT2D eigenvalue weighted by Gasteiger charge is 2.14. The van der Waals surface area contributed by atoms with E-state index in [2.05, 4.69) is 31.3 Å². The Balaban J connectivity index is 2.18. The van der Waals surface area contributed by atoms with Crippen molar-refractivity contribution in [3.05, 3.63) is 45.7 Å². The number of nitrogens with zero attached hydrogens (tertiary/aromatic N) is 2. The Morgan fingerprint density at radius 1 is 1.50 bits per heavy atom. The first-order valence-corrected chi connectivity index (χ1v) is 6.39. The van der Waals surface area contributed by atoms with Crippen LogP contribution in [-0.4, -0.2) is 22.0 Å². The second kappa shape index (κ2) is 5.74. The first kappa shape index (κ1) is 14.1. The Bertz CT molecular complexity index is 680. The molecule has 104 valence electrons. The number of nitrogen functional groups attached to an aromatic ring is 1. The third-order valence-electron chi connectivity index (χ3n) is 2.68. The number of nitrogens with one attached hydrogen (secondary N) is 1. The molecule has 8 heteroatoms. The number of hydrogen-bond donors (Lipinski definition) is 3. The molecule has 0 aliphatic heterocycles. The van der Waals surface area contributed by atoms with E-state index in [1.54, 1.807) is 25.1 Å². The molecule has 0 unspecified atom stereocenters. The summed E-state index contributed by atoms with van der Waals surface area (Å²) in [5, 5.41) is 9.79. The number of aromatic amines is 1. The fourth-order valence-corrected chi connectivity index (χ4v) is 1.88. The minimum atomic E-state index is -0.695. The van der Waals surface area contributed by atoms with Crippen molar-refractivity contribution in [1.29, 1.82) is 0 Å². The van der Waals surface area contributed by atoms with Gasteiger partial charge in [0.15, 0.2) is 11.5 Å². The van der Waals surface area contributed by atoms with Gasteiger partial charge >= 0.3 is 5.97 Å². The van der Waals surface area contributed by atoms with E-state index in [4.69, 9.17) is 16.3 Å². The van der Waals surface area contributed by atoms with Crippen LogP contribution in [0.25, 0.3) is 0 Å². The minimum absolute atomic E-state index is 0.0683. The standard InChI is InChI=1S/C12H12BrN5O2/c1-6-7(3-2-4-9(6)14)11(15)18-20-12(19)10-8(13)5-16-17-10/h2-5H,14H2,1H3,(H2,15,18)(H,16,17). The molecule has 0 amide bonds. The zero-order valence-corrected chi connectivity index (χ0v) is 12.1. The SMILES string of the molecule is Cc1c(N)cccc1/C(N)=N/OC(=O)c1[nH]ncc1Br. The molecule has 0 spiro atoms. The molecule has 0 atom stereocenters. The maximum atomic E-state index is 11.7. The number of benzene rings is 1. The molecular weight excluding hydrogens is 326 g/mol. The number of anilines is 1. The summed E-state index contributed by atoms with van der Waals surface area (Å²) >= 11 is 3.15. The van der Waals surface area contributed by atoms with Crippen LogP contribution in [0, 0.1) is 6.92 Å². The van der Waals surface area contributed by atoms with Crippen LogP contribution >= 0.6 is 15.9 Å². The molecule has 0 saturated carbocycles. The molecule has 20 heavy (non-hydrogen) atoms. The molecule has 0 aliphatic rings. The molecule has 0 radical (unpaired) electrons. The van der Waals surface area contributed by atoms with Crippen molar-refractivity contribution < 1.29 is 9.63 Å². The van der Waals surface area contributed by atoms with Gasteiger partial charge in [-0.1, -0.05) is 17.3 Å². The zero-order valence-electron chi connectivity index (χ0n) is 10.6. The fourth-order valence-electron chi connectivity index (χ4n) is 1.53. The molecular formula is C12H12BrN5O2. The number of H-pyrrole nitrogens is 1. The van der Waals surface area contributed by atoms with Crippen LogP contribution in [0.2, 0.25) is 0 Å². The van der Waals surface area contributed by atoms with Crippen LogP contribution in [0.5, 0.6) is 0 Å². The average molecular weight is 338 g/mol. The van der Waals surface area contributed by atoms with Crippen molar-refractivity contribution >= 4 is 33.4 Å². The van der Waals surface area contributed by atoms with E-state index in [0.717, 1.165) is 5.56 Å². The largest absolute Gasteiger partial charge is 0.398 e.